The molecule has 1 saturated heterocycles. The SMILES string of the molecule is CC(C)C1C(F)CCN1CCO. The van der Waals surface area contributed by atoms with Gasteiger partial charge in [0.2, 0.25) is 0 Å². The van der Waals surface area contributed by atoms with Crippen LogP contribution >= 0.6 is 0 Å². The fourth-order valence-electron chi connectivity index (χ4n) is 2.07. The van der Waals surface area contributed by atoms with Crippen LogP contribution < -0.4 is 0 Å². The van der Waals surface area contributed by atoms with E-state index in [2.05, 4.69) is 4.90 Å². The van der Waals surface area contributed by atoms with Gasteiger partial charge in [0.15, 0.2) is 0 Å². The maximum Gasteiger partial charge on any atom is 0.117 e. The van der Waals surface area contributed by atoms with Crippen molar-refractivity contribution >= 4 is 0 Å². The maximum atomic E-state index is 13.3. The van der Waals surface area contributed by atoms with E-state index in [4.69, 9.17) is 5.11 Å². The molecule has 1 fully saturated rings. The van der Waals surface area contributed by atoms with Gasteiger partial charge in [0.05, 0.1) is 6.61 Å². The molecule has 2 nitrogen and oxygen atoms in total. The van der Waals surface area contributed by atoms with Crippen molar-refractivity contribution in [1.82, 2.24) is 4.90 Å². The Morgan fingerprint density at radius 3 is 2.75 bits per heavy atom. The van der Waals surface area contributed by atoms with Gasteiger partial charge in [0.1, 0.15) is 6.17 Å². The monoisotopic (exact) mass is 175 g/mol. The molecule has 0 bridgehead atoms. The minimum atomic E-state index is -0.698. The van der Waals surface area contributed by atoms with Crippen LogP contribution in [-0.2, 0) is 0 Å². The summed E-state index contributed by atoms with van der Waals surface area (Å²) in [4.78, 5) is 2.05. The highest BCUT2D eigenvalue weighted by Gasteiger charge is 2.35. The van der Waals surface area contributed by atoms with Gasteiger partial charge < -0.3 is 5.11 Å². The van der Waals surface area contributed by atoms with Gasteiger partial charge in [-0.05, 0) is 12.3 Å². The molecule has 72 valence electrons. The van der Waals surface area contributed by atoms with Crippen molar-refractivity contribution in [3.63, 3.8) is 0 Å². The zero-order valence-corrected chi connectivity index (χ0v) is 7.83. The van der Waals surface area contributed by atoms with Crippen LogP contribution in [0.25, 0.3) is 0 Å². The van der Waals surface area contributed by atoms with E-state index in [0.717, 1.165) is 6.54 Å². The van der Waals surface area contributed by atoms with Crippen LogP contribution in [-0.4, -0.2) is 41.9 Å². The van der Waals surface area contributed by atoms with Crippen LogP contribution in [0.3, 0.4) is 0 Å². The molecule has 0 amide bonds. The Morgan fingerprint density at radius 2 is 2.25 bits per heavy atom. The molecule has 1 aliphatic rings. The predicted molar refractivity (Wildman–Crippen MR) is 46.8 cm³/mol. The van der Waals surface area contributed by atoms with E-state index in [1.165, 1.54) is 0 Å². The van der Waals surface area contributed by atoms with Crippen molar-refractivity contribution in [2.24, 2.45) is 5.92 Å². The zero-order valence-electron chi connectivity index (χ0n) is 7.83. The fraction of sp³-hybridized carbons (Fsp3) is 1.00. The van der Waals surface area contributed by atoms with Gasteiger partial charge in [-0.1, -0.05) is 13.8 Å². The first-order valence-electron chi connectivity index (χ1n) is 4.65. The lowest BCUT2D eigenvalue weighted by molar-refractivity contribution is 0.124. The highest BCUT2D eigenvalue weighted by molar-refractivity contribution is 4.88. The predicted octanol–water partition coefficient (Wildman–Crippen LogP) is 1.05. The van der Waals surface area contributed by atoms with Crippen molar-refractivity contribution < 1.29 is 9.50 Å². The number of nitrogens with zero attached hydrogens (tertiary/aromatic N) is 1. The summed E-state index contributed by atoms with van der Waals surface area (Å²) in [7, 11) is 0. The van der Waals surface area contributed by atoms with Crippen molar-refractivity contribution in [2.45, 2.75) is 32.5 Å². The third-order valence-corrected chi connectivity index (χ3v) is 2.55. The Hall–Kier alpha value is -0.150. The summed E-state index contributed by atoms with van der Waals surface area (Å²) in [6.07, 6.45) is -0.0698. The van der Waals surface area contributed by atoms with Gasteiger partial charge in [-0.25, -0.2) is 4.39 Å². The summed E-state index contributed by atoms with van der Waals surface area (Å²) in [5.74, 6) is 0.342. The molecule has 12 heavy (non-hydrogen) atoms. The highest BCUT2D eigenvalue weighted by atomic mass is 19.1. The van der Waals surface area contributed by atoms with Gasteiger partial charge >= 0.3 is 0 Å². The molecule has 0 aliphatic carbocycles. The van der Waals surface area contributed by atoms with E-state index in [1.54, 1.807) is 0 Å². The van der Waals surface area contributed by atoms with Crippen LogP contribution in [0.1, 0.15) is 20.3 Å². The molecule has 1 rings (SSSR count). The minimum Gasteiger partial charge on any atom is -0.395 e. The van der Waals surface area contributed by atoms with Crippen LogP contribution in [0.4, 0.5) is 4.39 Å². The van der Waals surface area contributed by atoms with Crippen LogP contribution in [0.15, 0.2) is 0 Å². The molecular weight excluding hydrogens is 157 g/mol. The molecule has 3 heteroatoms. The molecule has 0 aromatic rings. The molecule has 1 heterocycles. The molecular formula is C9H18FNO. The number of hydrogen-bond donors (Lipinski definition) is 1. The normalized spacial score (nSPS) is 31.8. The molecule has 1 aliphatic heterocycles. The minimum absolute atomic E-state index is 0.0251. The largest absolute Gasteiger partial charge is 0.395 e. The average molecular weight is 175 g/mol. The van der Waals surface area contributed by atoms with Gasteiger partial charge in [-0.15, -0.1) is 0 Å². The second-order valence-electron chi connectivity index (χ2n) is 3.80. The van der Waals surface area contributed by atoms with E-state index in [0.29, 0.717) is 18.9 Å². The molecule has 0 aromatic carbocycles. The summed E-state index contributed by atoms with van der Waals surface area (Å²) in [6.45, 7) is 5.61. The number of aliphatic hydroxyl groups is 1. The lowest BCUT2D eigenvalue weighted by atomic mass is 10.0. The summed E-state index contributed by atoms with van der Waals surface area (Å²) in [5.41, 5.74) is 0. The van der Waals surface area contributed by atoms with Gasteiger partial charge in [-0.3, -0.25) is 4.90 Å². The second-order valence-corrected chi connectivity index (χ2v) is 3.80. The van der Waals surface area contributed by atoms with Crippen molar-refractivity contribution in [1.29, 1.82) is 0 Å². The quantitative estimate of drug-likeness (QED) is 0.693. The second kappa shape index (κ2) is 4.19. The molecule has 2 atom stereocenters. The smallest absolute Gasteiger partial charge is 0.117 e. The lowest BCUT2D eigenvalue weighted by Gasteiger charge is -2.27. The first-order valence-corrected chi connectivity index (χ1v) is 4.65. The van der Waals surface area contributed by atoms with Crippen LogP contribution in [0.2, 0.25) is 0 Å². The van der Waals surface area contributed by atoms with Crippen molar-refractivity contribution in [3.05, 3.63) is 0 Å². The number of hydrogen-bond acceptors (Lipinski definition) is 2. The number of aliphatic hydroxyl groups excluding tert-OH is 1. The number of rotatable bonds is 3. The Kier molecular flexibility index (Phi) is 3.47. The zero-order chi connectivity index (χ0) is 9.14. The van der Waals surface area contributed by atoms with E-state index in [1.807, 2.05) is 13.8 Å². The van der Waals surface area contributed by atoms with E-state index >= 15 is 0 Å². The number of β-amino-alcohol motifs (C(OH)–C–C–N with tert-alkyl or cyclic N) is 1. The number of likely N-dealkylation sites (tertiary alicyclic amines) is 1. The first-order chi connectivity index (χ1) is 5.66. The van der Waals surface area contributed by atoms with E-state index in [9.17, 15) is 4.39 Å². The standard InChI is InChI=1S/C9H18FNO/c1-7(2)9-8(10)3-4-11(9)5-6-12/h7-9,12H,3-6H2,1-2H3. The first kappa shape index (κ1) is 9.93. The van der Waals surface area contributed by atoms with Crippen LogP contribution in [0, 0.1) is 5.92 Å². The van der Waals surface area contributed by atoms with Gasteiger partial charge in [0, 0.05) is 19.1 Å². The Balaban J connectivity index is 2.51. The highest BCUT2D eigenvalue weighted by Crippen LogP contribution is 2.26. The maximum absolute atomic E-state index is 13.3. The Bertz CT molecular complexity index is 138. The van der Waals surface area contributed by atoms with Gasteiger partial charge in [0.25, 0.3) is 0 Å². The molecule has 0 aromatic heterocycles. The summed E-state index contributed by atoms with van der Waals surface area (Å²) < 4.78 is 13.3. The molecule has 0 spiro atoms. The summed E-state index contributed by atoms with van der Waals surface area (Å²) in [6, 6.07) is 0.0251. The number of halogens is 1. The van der Waals surface area contributed by atoms with Gasteiger partial charge in [-0.2, -0.15) is 0 Å². The topological polar surface area (TPSA) is 23.5 Å². The summed E-state index contributed by atoms with van der Waals surface area (Å²) >= 11 is 0. The fourth-order valence-corrected chi connectivity index (χ4v) is 2.07. The van der Waals surface area contributed by atoms with E-state index in [-0.39, 0.29) is 12.6 Å². The Labute approximate surface area is 73.4 Å². The Morgan fingerprint density at radius 1 is 1.58 bits per heavy atom. The number of alkyl halides is 1. The molecule has 2 unspecified atom stereocenters. The lowest BCUT2D eigenvalue weighted by Crippen LogP contribution is -2.39. The third kappa shape index (κ3) is 1.96. The molecule has 0 radical (unpaired) electrons. The van der Waals surface area contributed by atoms with Crippen molar-refractivity contribution in [3.8, 4) is 0 Å². The summed E-state index contributed by atoms with van der Waals surface area (Å²) in [5, 5.41) is 8.75. The van der Waals surface area contributed by atoms with E-state index < -0.39 is 6.17 Å². The average Bonchev–Trinajstić information content (AvgIpc) is 2.32. The molecule has 0 saturated carbocycles. The molecule has 1 N–H and O–H groups in total. The van der Waals surface area contributed by atoms with Crippen molar-refractivity contribution in [2.75, 3.05) is 19.7 Å². The van der Waals surface area contributed by atoms with Crippen LogP contribution in [0.5, 0.6) is 0 Å². The third-order valence-electron chi connectivity index (χ3n) is 2.55.